The van der Waals surface area contributed by atoms with Crippen LogP contribution in [0.4, 0.5) is 26.3 Å². The number of aliphatic imine (C=N–C) groups is 1. The van der Waals surface area contributed by atoms with E-state index >= 15 is 0 Å². The lowest BCUT2D eigenvalue weighted by atomic mass is 10.2. The number of nitrogens with two attached hydrogens (primary N) is 2. The van der Waals surface area contributed by atoms with Crippen molar-refractivity contribution in [3.8, 4) is 0 Å². The number of carboxylic acids is 3. The Hall–Kier alpha value is -3.04. The SMILES string of the molecule is C=CCNC(N)=NCCC[C@H](N)C(=O)O.O=C(O)C(F)(F)F.O=C(O)C(F)(F)F. The van der Waals surface area contributed by atoms with Gasteiger partial charge in [-0.3, -0.25) is 9.79 Å². The van der Waals surface area contributed by atoms with Gasteiger partial charge < -0.3 is 32.1 Å². The summed E-state index contributed by atoms with van der Waals surface area (Å²) in [5.41, 5.74) is 10.8. The summed E-state index contributed by atoms with van der Waals surface area (Å²) in [7, 11) is 0. The van der Waals surface area contributed by atoms with E-state index in [1.165, 1.54) is 0 Å². The second-order valence-electron chi connectivity index (χ2n) is 4.63. The maximum atomic E-state index is 10.6. The number of rotatable bonds is 7. The van der Waals surface area contributed by atoms with E-state index in [1.54, 1.807) is 6.08 Å². The fraction of sp³-hybridized carbons (Fsp3) is 0.538. The first-order valence-corrected chi connectivity index (χ1v) is 7.20. The number of guanidine groups is 1. The monoisotopic (exact) mass is 442 g/mol. The first-order chi connectivity index (χ1) is 13.0. The normalized spacial score (nSPS) is 12.3. The van der Waals surface area contributed by atoms with Crippen LogP contribution in [0.5, 0.6) is 0 Å². The summed E-state index contributed by atoms with van der Waals surface area (Å²) in [4.78, 5) is 32.1. The van der Waals surface area contributed by atoms with Crippen LogP contribution in [0, 0.1) is 0 Å². The van der Waals surface area contributed by atoms with Crippen molar-refractivity contribution < 1.29 is 56.0 Å². The number of hydrogen-bond donors (Lipinski definition) is 6. The van der Waals surface area contributed by atoms with Gasteiger partial charge in [-0.05, 0) is 12.8 Å². The maximum Gasteiger partial charge on any atom is 0.490 e. The number of halogens is 6. The van der Waals surface area contributed by atoms with E-state index in [1.807, 2.05) is 0 Å². The van der Waals surface area contributed by atoms with Crippen LogP contribution in [0.3, 0.4) is 0 Å². The van der Waals surface area contributed by atoms with Crippen molar-refractivity contribution >= 4 is 23.9 Å². The van der Waals surface area contributed by atoms with Crippen molar-refractivity contribution in [1.29, 1.82) is 0 Å². The molecule has 0 unspecified atom stereocenters. The number of carboxylic acid groups (broad SMARTS) is 3. The highest BCUT2D eigenvalue weighted by atomic mass is 19.4. The van der Waals surface area contributed by atoms with Crippen LogP contribution in [0.1, 0.15) is 12.8 Å². The summed E-state index contributed by atoms with van der Waals surface area (Å²) >= 11 is 0. The molecule has 0 aliphatic heterocycles. The van der Waals surface area contributed by atoms with Gasteiger partial charge in [0.05, 0.1) is 0 Å². The van der Waals surface area contributed by atoms with E-state index in [0.717, 1.165) is 0 Å². The number of aliphatic carboxylic acids is 3. The van der Waals surface area contributed by atoms with Crippen molar-refractivity contribution in [2.24, 2.45) is 16.5 Å². The van der Waals surface area contributed by atoms with Gasteiger partial charge in [-0.25, -0.2) is 9.59 Å². The van der Waals surface area contributed by atoms with Gasteiger partial charge >= 0.3 is 30.3 Å². The topological polar surface area (TPSA) is 188 Å². The summed E-state index contributed by atoms with van der Waals surface area (Å²) in [6, 6.07) is -0.817. The highest BCUT2D eigenvalue weighted by Gasteiger charge is 2.38. The highest BCUT2D eigenvalue weighted by Crippen LogP contribution is 2.13. The summed E-state index contributed by atoms with van der Waals surface area (Å²) < 4.78 is 63.5. The molecule has 0 saturated carbocycles. The summed E-state index contributed by atoms with van der Waals surface area (Å²) in [5, 5.41) is 25.6. The van der Waals surface area contributed by atoms with E-state index < -0.39 is 36.3 Å². The summed E-state index contributed by atoms with van der Waals surface area (Å²) in [6.45, 7) is 4.55. The van der Waals surface area contributed by atoms with Crippen LogP contribution >= 0.6 is 0 Å². The molecule has 0 aromatic rings. The molecule has 0 aromatic heterocycles. The zero-order chi connectivity index (χ0) is 23.8. The van der Waals surface area contributed by atoms with Crippen molar-refractivity contribution in [1.82, 2.24) is 5.32 Å². The molecule has 16 heteroatoms. The third-order valence-corrected chi connectivity index (χ3v) is 2.19. The fourth-order valence-electron chi connectivity index (χ4n) is 0.867. The van der Waals surface area contributed by atoms with Gasteiger partial charge in [0.25, 0.3) is 0 Å². The van der Waals surface area contributed by atoms with Gasteiger partial charge in [0.15, 0.2) is 5.96 Å². The number of hydrogen-bond acceptors (Lipinski definition) is 5. The average molecular weight is 442 g/mol. The Kier molecular flexibility index (Phi) is 15.8. The molecule has 0 radical (unpaired) electrons. The molecule has 0 spiro atoms. The minimum absolute atomic E-state index is 0.332. The second-order valence-corrected chi connectivity index (χ2v) is 4.63. The number of nitrogens with one attached hydrogen (secondary N) is 1. The van der Waals surface area contributed by atoms with Crippen LogP contribution in [0.2, 0.25) is 0 Å². The third kappa shape index (κ3) is 22.9. The average Bonchev–Trinajstić information content (AvgIpc) is 2.55. The van der Waals surface area contributed by atoms with Crippen LogP contribution in [-0.2, 0) is 14.4 Å². The molecule has 0 saturated heterocycles. The predicted molar refractivity (Wildman–Crippen MR) is 86.9 cm³/mol. The van der Waals surface area contributed by atoms with Crippen molar-refractivity contribution in [3.05, 3.63) is 12.7 Å². The first-order valence-electron chi connectivity index (χ1n) is 7.20. The van der Waals surface area contributed by atoms with Crippen LogP contribution < -0.4 is 16.8 Å². The quantitative estimate of drug-likeness (QED) is 0.107. The van der Waals surface area contributed by atoms with E-state index in [-0.39, 0.29) is 0 Å². The van der Waals surface area contributed by atoms with E-state index in [0.29, 0.717) is 31.9 Å². The maximum absolute atomic E-state index is 10.6. The molecule has 0 amide bonds. The molecule has 0 aromatic carbocycles. The van der Waals surface area contributed by atoms with Gasteiger partial charge in [-0.2, -0.15) is 26.3 Å². The van der Waals surface area contributed by atoms with E-state index in [9.17, 15) is 31.1 Å². The zero-order valence-corrected chi connectivity index (χ0v) is 14.6. The largest absolute Gasteiger partial charge is 0.490 e. The number of alkyl halides is 6. The van der Waals surface area contributed by atoms with Crippen molar-refractivity contribution in [3.63, 3.8) is 0 Å². The summed E-state index contributed by atoms with van der Waals surface area (Å²) in [6.07, 6.45) is -7.50. The van der Waals surface area contributed by atoms with Crippen LogP contribution in [0.25, 0.3) is 0 Å². The van der Waals surface area contributed by atoms with E-state index in [2.05, 4.69) is 16.9 Å². The standard InChI is InChI=1S/C9H18N4O2.2C2HF3O2/c1-2-5-12-9(11)13-6-3-4-7(10)8(14)15;2*3-2(4,5)1(6)7/h2,7H,1,3-6,10H2,(H,14,15)(H3,11,12,13);2*(H,6,7)/t7-;;/m0../s1. The Morgan fingerprint density at radius 2 is 1.41 bits per heavy atom. The molecular weight excluding hydrogens is 422 g/mol. The van der Waals surface area contributed by atoms with Crippen LogP contribution in [0.15, 0.2) is 17.6 Å². The molecule has 1 atom stereocenters. The van der Waals surface area contributed by atoms with Gasteiger partial charge in [0.2, 0.25) is 0 Å². The molecule has 170 valence electrons. The molecule has 8 N–H and O–H groups in total. The zero-order valence-electron chi connectivity index (χ0n) is 14.6. The molecule has 29 heavy (non-hydrogen) atoms. The molecular formula is C13H20F6N4O6. The lowest BCUT2D eigenvalue weighted by molar-refractivity contribution is -0.193. The fourth-order valence-corrected chi connectivity index (χ4v) is 0.867. The summed E-state index contributed by atoms with van der Waals surface area (Å²) in [5.74, 6) is -6.17. The molecule has 0 fully saturated rings. The third-order valence-electron chi connectivity index (χ3n) is 2.19. The number of nitrogens with zero attached hydrogens (tertiary/aromatic N) is 1. The van der Waals surface area contributed by atoms with Gasteiger partial charge in [-0.1, -0.05) is 6.08 Å². The van der Waals surface area contributed by atoms with E-state index in [4.69, 9.17) is 36.4 Å². The molecule has 10 nitrogen and oxygen atoms in total. The lowest BCUT2D eigenvalue weighted by Crippen LogP contribution is -2.32. The minimum atomic E-state index is -5.08. The lowest BCUT2D eigenvalue weighted by Gasteiger charge is -2.05. The Morgan fingerprint density at radius 3 is 1.69 bits per heavy atom. The molecule has 0 bridgehead atoms. The first kappa shape index (κ1) is 30.7. The molecule has 0 aliphatic rings. The highest BCUT2D eigenvalue weighted by molar-refractivity contribution is 5.78. The smallest absolute Gasteiger partial charge is 0.480 e. The van der Waals surface area contributed by atoms with Gasteiger partial charge in [-0.15, -0.1) is 6.58 Å². The van der Waals surface area contributed by atoms with Gasteiger partial charge in [0, 0.05) is 13.1 Å². The Morgan fingerprint density at radius 1 is 1.03 bits per heavy atom. The molecule has 0 rings (SSSR count). The number of carbonyl (C=O) groups is 3. The predicted octanol–water partition coefficient (Wildman–Crippen LogP) is 0.535. The van der Waals surface area contributed by atoms with Crippen molar-refractivity contribution in [2.75, 3.05) is 13.1 Å². The van der Waals surface area contributed by atoms with Crippen molar-refractivity contribution in [2.45, 2.75) is 31.2 Å². The molecule has 0 heterocycles. The second kappa shape index (κ2) is 14.9. The minimum Gasteiger partial charge on any atom is -0.480 e. The van der Waals surface area contributed by atoms with Gasteiger partial charge in [0.1, 0.15) is 6.04 Å². The molecule has 0 aliphatic carbocycles. The Bertz CT molecular complexity index is 541. The Labute approximate surface area is 159 Å². The Balaban J connectivity index is -0.000000402. The van der Waals surface area contributed by atoms with Crippen LogP contribution in [-0.4, -0.2) is 70.7 Å².